The number of nitrogens with two attached hydrogens (primary N) is 1. The van der Waals surface area contributed by atoms with Gasteiger partial charge in [0.05, 0.1) is 4.90 Å². The molecule has 1 aromatic carbocycles. The van der Waals surface area contributed by atoms with Gasteiger partial charge in [-0.05, 0) is 62.3 Å². The van der Waals surface area contributed by atoms with Crippen LogP contribution in [0, 0.1) is 0 Å². The number of sulfonamides is 1. The van der Waals surface area contributed by atoms with Crippen LogP contribution in [0.25, 0.3) is 11.5 Å². The van der Waals surface area contributed by atoms with Gasteiger partial charge in [-0.2, -0.15) is 4.98 Å². The average Bonchev–Trinajstić information content (AvgIpc) is 3.29. The van der Waals surface area contributed by atoms with Crippen molar-refractivity contribution < 1.29 is 17.7 Å². The Labute approximate surface area is 185 Å². The molecule has 1 fully saturated rings. The van der Waals surface area contributed by atoms with Crippen molar-refractivity contribution in [2.24, 2.45) is 5.14 Å². The standard InChI is InChI=1S/C21H24N6O4S/c22-32(29,30)17-6-4-16(5-7-17)24-19(28)10-14-27-12-8-15(9-13-27)21-25-20(26-31-21)18-3-1-2-11-23-18/h1-7,11,15H,8-10,12-14H2,(H,24,28)(H2,22,29,30). The number of amides is 1. The number of likely N-dealkylation sites (tertiary alicyclic amines) is 1. The SMILES string of the molecule is NS(=O)(=O)c1ccc(NC(=O)CCN2CCC(c3nc(-c4ccccn4)no3)CC2)cc1. The van der Waals surface area contributed by atoms with Crippen molar-refractivity contribution in [3.63, 3.8) is 0 Å². The predicted octanol–water partition coefficient (Wildman–Crippen LogP) is 1.99. The number of carbonyl (C=O) groups is 1. The third-order valence-electron chi connectivity index (χ3n) is 5.39. The van der Waals surface area contributed by atoms with Crippen molar-refractivity contribution in [1.29, 1.82) is 0 Å². The van der Waals surface area contributed by atoms with Crippen molar-refractivity contribution in [3.8, 4) is 11.5 Å². The number of aromatic nitrogens is 3. The van der Waals surface area contributed by atoms with Crippen molar-refractivity contribution >= 4 is 21.6 Å². The Balaban J connectivity index is 1.22. The molecule has 1 aliphatic rings. The summed E-state index contributed by atoms with van der Waals surface area (Å²) in [6.07, 6.45) is 3.78. The summed E-state index contributed by atoms with van der Waals surface area (Å²) in [6.45, 7) is 2.31. The minimum atomic E-state index is -3.75. The minimum Gasteiger partial charge on any atom is -0.339 e. The molecule has 3 N–H and O–H groups in total. The Morgan fingerprint density at radius 3 is 2.56 bits per heavy atom. The van der Waals surface area contributed by atoms with Crippen molar-refractivity contribution in [2.45, 2.75) is 30.1 Å². The lowest BCUT2D eigenvalue weighted by Gasteiger charge is -2.30. The van der Waals surface area contributed by atoms with E-state index in [0.717, 1.165) is 25.9 Å². The van der Waals surface area contributed by atoms with E-state index in [1.807, 2.05) is 18.2 Å². The fraction of sp³-hybridized carbons (Fsp3) is 0.333. The highest BCUT2D eigenvalue weighted by atomic mass is 32.2. The normalized spacial score (nSPS) is 15.5. The molecule has 1 saturated heterocycles. The summed E-state index contributed by atoms with van der Waals surface area (Å²) in [6, 6.07) is 11.3. The molecular weight excluding hydrogens is 432 g/mol. The average molecular weight is 457 g/mol. The smallest absolute Gasteiger partial charge is 0.238 e. The van der Waals surface area contributed by atoms with Gasteiger partial charge >= 0.3 is 0 Å². The number of carbonyl (C=O) groups excluding carboxylic acids is 1. The largest absolute Gasteiger partial charge is 0.339 e. The number of primary sulfonamides is 1. The van der Waals surface area contributed by atoms with Gasteiger partial charge in [0.1, 0.15) is 5.69 Å². The first-order valence-corrected chi connectivity index (χ1v) is 11.8. The minimum absolute atomic E-state index is 0.00627. The molecule has 0 atom stereocenters. The molecule has 0 saturated carbocycles. The number of piperidine rings is 1. The van der Waals surface area contributed by atoms with Crippen molar-refractivity contribution in [2.75, 3.05) is 25.0 Å². The van der Waals surface area contributed by atoms with E-state index >= 15 is 0 Å². The molecule has 1 amide bonds. The van der Waals surface area contributed by atoms with Gasteiger partial charge < -0.3 is 14.7 Å². The second-order valence-corrected chi connectivity index (χ2v) is 9.22. The molecule has 4 rings (SSSR count). The molecule has 32 heavy (non-hydrogen) atoms. The first-order chi connectivity index (χ1) is 15.4. The maximum atomic E-state index is 12.2. The van der Waals surface area contributed by atoms with Crippen LogP contribution < -0.4 is 10.5 Å². The number of benzene rings is 1. The van der Waals surface area contributed by atoms with Gasteiger partial charge in [-0.1, -0.05) is 11.2 Å². The van der Waals surface area contributed by atoms with E-state index in [1.54, 1.807) is 6.20 Å². The van der Waals surface area contributed by atoms with Gasteiger partial charge in [-0.25, -0.2) is 13.6 Å². The van der Waals surface area contributed by atoms with Gasteiger partial charge in [0.25, 0.3) is 0 Å². The maximum absolute atomic E-state index is 12.2. The van der Waals surface area contributed by atoms with Gasteiger partial charge in [-0.3, -0.25) is 9.78 Å². The molecule has 0 unspecified atom stereocenters. The molecule has 168 valence electrons. The topological polar surface area (TPSA) is 144 Å². The second-order valence-electron chi connectivity index (χ2n) is 7.65. The number of pyridine rings is 1. The Kier molecular flexibility index (Phi) is 6.58. The molecule has 10 nitrogen and oxygen atoms in total. The molecule has 11 heteroatoms. The number of rotatable bonds is 7. The highest BCUT2D eigenvalue weighted by Gasteiger charge is 2.25. The Hall–Kier alpha value is -3.15. The third-order valence-corrected chi connectivity index (χ3v) is 6.32. The Morgan fingerprint density at radius 1 is 1.16 bits per heavy atom. The third kappa shape index (κ3) is 5.55. The number of nitrogens with one attached hydrogen (secondary N) is 1. The predicted molar refractivity (Wildman–Crippen MR) is 117 cm³/mol. The fourth-order valence-electron chi connectivity index (χ4n) is 3.61. The number of hydrogen-bond acceptors (Lipinski definition) is 8. The van der Waals surface area contributed by atoms with Crippen LogP contribution in [-0.4, -0.2) is 54.0 Å². The first kappa shape index (κ1) is 22.1. The van der Waals surface area contributed by atoms with Crippen LogP contribution in [0.15, 0.2) is 58.1 Å². The van der Waals surface area contributed by atoms with Crippen LogP contribution in [-0.2, 0) is 14.8 Å². The summed E-state index contributed by atoms with van der Waals surface area (Å²) < 4.78 is 28.0. The summed E-state index contributed by atoms with van der Waals surface area (Å²) in [5, 5.41) is 11.9. The lowest BCUT2D eigenvalue weighted by molar-refractivity contribution is -0.116. The van der Waals surface area contributed by atoms with E-state index < -0.39 is 10.0 Å². The van der Waals surface area contributed by atoms with Crippen LogP contribution in [0.4, 0.5) is 5.69 Å². The zero-order valence-corrected chi connectivity index (χ0v) is 18.2. The molecule has 2 aromatic heterocycles. The molecule has 1 aliphatic heterocycles. The number of hydrogen-bond donors (Lipinski definition) is 2. The maximum Gasteiger partial charge on any atom is 0.238 e. The van der Waals surface area contributed by atoms with Gasteiger partial charge in [-0.15, -0.1) is 0 Å². The quantitative estimate of drug-likeness (QED) is 0.549. The van der Waals surface area contributed by atoms with E-state index in [2.05, 4.69) is 25.3 Å². The first-order valence-electron chi connectivity index (χ1n) is 10.3. The van der Waals surface area contributed by atoms with Crippen molar-refractivity contribution in [1.82, 2.24) is 20.0 Å². The molecule has 0 spiro atoms. The number of nitrogens with zero attached hydrogens (tertiary/aromatic N) is 4. The van der Waals surface area contributed by atoms with Gasteiger partial charge in [0, 0.05) is 30.8 Å². The second kappa shape index (κ2) is 9.55. The van der Waals surface area contributed by atoms with Crippen LogP contribution >= 0.6 is 0 Å². The van der Waals surface area contributed by atoms with E-state index in [0.29, 0.717) is 36.1 Å². The van der Waals surface area contributed by atoms with Crippen molar-refractivity contribution in [3.05, 3.63) is 54.6 Å². The van der Waals surface area contributed by atoms with Gasteiger partial charge in [0.15, 0.2) is 0 Å². The van der Waals surface area contributed by atoms with Gasteiger partial charge in [0.2, 0.25) is 27.6 Å². The van der Waals surface area contributed by atoms with Crippen LogP contribution in [0.5, 0.6) is 0 Å². The number of anilines is 1. The van der Waals surface area contributed by atoms with E-state index in [4.69, 9.17) is 9.66 Å². The summed E-state index contributed by atoms with van der Waals surface area (Å²) in [5.74, 6) is 1.19. The zero-order chi connectivity index (χ0) is 22.6. The molecule has 0 radical (unpaired) electrons. The lowest BCUT2D eigenvalue weighted by atomic mass is 9.96. The molecule has 0 bridgehead atoms. The van der Waals surface area contributed by atoms with Crippen LogP contribution in [0.3, 0.4) is 0 Å². The monoisotopic (exact) mass is 456 g/mol. The molecular formula is C21H24N6O4S. The van der Waals surface area contributed by atoms with E-state index in [1.165, 1.54) is 24.3 Å². The van der Waals surface area contributed by atoms with Crippen LogP contribution in [0.2, 0.25) is 0 Å². The molecule has 3 aromatic rings. The van der Waals surface area contributed by atoms with E-state index in [-0.39, 0.29) is 16.7 Å². The highest BCUT2D eigenvalue weighted by molar-refractivity contribution is 7.89. The van der Waals surface area contributed by atoms with Crippen LogP contribution in [0.1, 0.15) is 31.1 Å². The lowest BCUT2D eigenvalue weighted by Crippen LogP contribution is -2.35. The molecule has 3 heterocycles. The summed E-state index contributed by atoms with van der Waals surface area (Å²) >= 11 is 0. The zero-order valence-electron chi connectivity index (χ0n) is 17.3. The summed E-state index contributed by atoms with van der Waals surface area (Å²) in [5.41, 5.74) is 1.21. The molecule has 0 aliphatic carbocycles. The summed E-state index contributed by atoms with van der Waals surface area (Å²) in [4.78, 5) is 23.2. The highest BCUT2D eigenvalue weighted by Crippen LogP contribution is 2.28. The van der Waals surface area contributed by atoms with E-state index in [9.17, 15) is 13.2 Å². The summed E-state index contributed by atoms with van der Waals surface area (Å²) in [7, 11) is -3.75. The fourth-order valence-corrected chi connectivity index (χ4v) is 4.13. The Bertz CT molecular complexity index is 1160. The Morgan fingerprint density at radius 2 is 1.91 bits per heavy atom.